The second kappa shape index (κ2) is 9.17. The summed E-state index contributed by atoms with van der Waals surface area (Å²) >= 11 is 1.50. The number of hydrogen-bond donors (Lipinski definition) is 2. The lowest BCUT2D eigenvalue weighted by atomic mass is 9.90. The molecule has 0 unspecified atom stereocenters. The van der Waals surface area contributed by atoms with Crippen molar-refractivity contribution in [2.75, 3.05) is 21.3 Å². The lowest BCUT2D eigenvalue weighted by molar-refractivity contribution is -0.121. The first kappa shape index (κ1) is 21.0. The van der Waals surface area contributed by atoms with Crippen LogP contribution in [0.5, 0.6) is 17.2 Å². The Morgan fingerprint density at radius 3 is 2.55 bits per heavy atom. The maximum Gasteiger partial charge on any atom is 0.279 e. The van der Waals surface area contributed by atoms with Crippen molar-refractivity contribution in [3.8, 4) is 17.2 Å². The molecule has 2 aromatic rings. The van der Waals surface area contributed by atoms with E-state index < -0.39 is 0 Å². The highest BCUT2D eigenvalue weighted by atomic mass is 32.1. The maximum atomic E-state index is 12.4. The van der Waals surface area contributed by atoms with Crippen LogP contribution in [0.25, 0.3) is 0 Å². The molecule has 1 aliphatic carbocycles. The summed E-state index contributed by atoms with van der Waals surface area (Å²) in [6.45, 7) is 2.23. The van der Waals surface area contributed by atoms with Gasteiger partial charge in [0.15, 0.2) is 11.5 Å². The third-order valence-corrected chi connectivity index (χ3v) is 6.24. The highest BCUT2D eigenvalue weighted by Gasteiger charge is 2.21. The molecule has 3 rings (SSSR count). The summed E-state index contributed by atoms with van der Waals surface area (Å²) in [5, 5.41) is 0. The van der Waals surface area contributed by atoms with Crippen molar-refractivity contribution in [3.63, 3.8) is 0 Å². The number of amides is 2. The number of rotatable bonds is 6. The quantitative estimate of drug-likeness (QED) is 0.705. The standard InChI is InChI=1S/C21H26N2O5S/c1-12-5-8-16-14(9-12)10-17(29-16)21(25)23-22-18(24)11-13-6-7-15(26-2)20(28-4)19(13)27-3/h6-7,10,12H,5,8-9,11H2,1-4H3,(H,22,24)(H,23,25)/t12-/m0/s1. The van der Waals surface area contributed by atoms with Gasteiger partial charge in [0.05, 0.1) is 32.6 Å². The van der Waals surface area contributed by atoms with Gasteiger partial charge in [-0.1, -0.05) is 13.0 Å². The minimum atomic E-state index is -0.362. The Kier molecular flexibility index (Phi) is 6.64. The fraction of sp³-hybridized carbons (Fsp3) is 0.429. The molecule has 8 heteroatoms. The van der Waals surface area contributed by atoms with E-state index in [-0.39, 0.29) is 18.2 Å². The Bertz CT molecular complexity index is 909. The summed E-state index contributed by atoms with van der Waals surface area (Å²) in [6, 6.07) is 5.38. The molecule has 1 aromatic carbocycles. The third-order valence-electron chi connectivity index (χ3n) is 5.01. The number of carbonyl (C=O) groups excluding carboxylic acids is 2. The number of fused-ring (bicyclic) bond motifs is 1. The Labute approximate surface area is 174 Å². The molecule has 0 bridgehead atoms. The topological polar surface area (TPSA) is 85.9 Å². The molecule has 0 saturated carbocycles. The number of nitrogens with one attached hydrogen (secondary N) is 2. The van der Waals surface area contributed by atoms with Gasteiger partial charge in [-0.05, 0) is 42.9 Å². The van der Waals surface area contributed by atoms with Gasteiger partial charge in [0.25, 0.3) is 5.91 Å². The zero-order valence-corrected chi connectivity index (χ0v) is 17.9. The first-order valence-corrected chi connectivity index (χ1v) is 10.3. The normalized spacial score (nSPS) is 15.2. The summed E-state index contributed by atoms with van der Waals surface area (Å²) in [5.74, 6) is 1.33. The van der Waals surface area contributed by atoms with Gasteiger partial charge in [0.1, 0.15) is 0 Å². The second-order valence-electron chi connectivity index (χ2n) is 7.08. The fourth-order valence-electron chi connectivity index (χ4n) is 3.53. The van der Waals surface area contributed by atoms with Crippen LogP contribution in [0.2, 0.25) is 0 Å². The summed E-state index contributed by atoms with van der Waals surface area (Å²) in [6.07, 6.45) is 3.19. The average molecular weight is 419 g/mol. The van der Waals surface area contributed by atoms with Gasteiger partial charge in [-0.3, -0.25) is 20.4 Å². The Morgan fingerprint density at radius 1 is 1.10 bits per heavy atom. The van der Waals surface area contributed by atoms with Crippen LogP contribution in [0.1, 0.15) is 39.0 Å². The van der Waals surface area contributed by atoms with E-state index in [0.717, 1.165) is 19.3 Å². The molecule has 0 aliphatic heterocycles. The molecule has 1 aliphatic rings. The molecule has 1 aromatic heterocycles. The molecule has 0 radical (unpaired) electrons. The summed E-state index contributed by atoms with van der Waals surface area (Å²) in [7, 11) is 4.54. The molecule has 2 amide bonds. The van der Waals surface area contributed by atoms with E-state index in [1.807, 2.05) is 6.07 Å². The van der Waals surface area contributed by atoms with Crippen LogP contribution >= 0.6 is 11.3 Å². The van der Waals surface area contributed by atoms with E-state index in [1.165, 1.54) is 43.1 Å². The van der Waals surface area contributed by atoms with E-state index in [2.05, 4.69) is 17.8 Å². The van der Waals surface area contributed by atoms with Gasteiger partial charge in [-0.15, -0.1) is 11.3 Å². The lowest BCUT2D eigenvalue weighted by Crippen LogP contribution is -2.42. The second-order valence-corrected chi connectivity index (χ2v) is 8.22. The van der Waals surface area contributed by atoms with Crippen LogP contribution in [0.3, 0.4) is 0 Å². The van der Waals surface area contributed by atoms with E-state index >= 15 is 0 Å². The van der Waals surface area contributed by atoms with Crippen molar-refractivity contribution in [1.29, 1.82) is 0 Å². The molecular weight excluding hydrogens is 392 g/mol. The van der Waals surface area contributed by atoms with Gasteiger partial charge in [-0.2, -0.15) is 0 Å². The van der Waals surface area contributed by atoms with E-state index in [0.29, 0.717) is 33.6 Å². The van der Waals surface area contributed by atoms with E-state index in [1.54, 1.807) is 12.1 Å². The number of methoxy groups -OCH3 is 3. The minimum Gasteiger partial charge on any atom is -0.493 e. The van der Waals surface area contributed by atoms with Crippen LogP contribution in [0.15, 0.2) is 18.2 Å². The molecule has 156 valence electrons. The predicted molar refractivity (Wildman–Crippen MR) is 111 cm³/mol. The first-order chi connectivity index (χ1) is 14.0. The average Bonchev–Trinajstić information content (AvgIpc) is 3.14. The van der Waals surface area contributed by atoms with Gasteiger partial charge in [0, 0.05) is 10.4 Å². The predicted octanol–water partition coefficient (Wildman–Crippen LogP) is 2.90. The van der Waals surface area contributed by atoms with E-state index in [4.69, 9.17) is 14.2 Å². The zero-order chi connectivity index (χ0) is 21.0. The molecule has 1 heterocycles. The number of hydrazine groups is 1. The zero-order valence-electron chi connectivity index (χ0n) is 17.1. The number of ether oxygens (including phenoxy) is 3. The van der Waals surface area contributed by atoms with Crippen molar-refractivity contribution in [2.45, 2.75) is 32.6 Å². The van der Waals surface area contributed by atoms with Gasteiger partial charge < -0.3 is 14.2 Å². The van der Waals surface area contributed by atoms with Crippen LogP contribution in [0.4, 0.5) is 0 Å². The smallest absolute Gasteiger partial charge is 0.279 e. The molecule has 0 spiro atoms. The molecule has 0 saturated heterocycles. The number of thiophene rings is 1. The highest BCUT2D eigenvalue weighted by molar-refractivity contribution is 7.14. The summed E-state index contributed by atoms with van der Waals surface area (Å²) < 4.78 is 16.0. The first-order valence-electron chi connectivity index (χ1n) is 9.45. The van der Waals surface area contributed by atoms with Crippen LogP contribution < -0.4 is 25.1 Å². The van der Waals surface area contributed by atoms with Crippen LogP contribution in [-0.4, -0.2) is 33.1 Å². The largest absolute Gasteiger partial charge is 0.493 e. The Morgan fingerprint density at radius 2 is 1.86 bits per heavy atom. The molecule has 2 N–H and O–H groups in total. The molecule has 1 atom stereocenters. The van der Waals surface area contributed by atoms with Gasteiger partial charge in [0.2, 0.25) is 11.7 Å². The van der Waals surface area contributed by atoms with Gasteiger partial charge in [-0.25, -0.2) is 0 Å². The SMILES string of the molecule is COc1ccc(CC(=O)NNC(=O)c2cc3c(s2)CC[C@H](C)C3)c(OC)c1OC. The van der Waals surface area contributed by atoms with Crippen molar-refractivity contribution in [2.24, 2.45) is 5.92 Å². The van der Waals surface area contributed by atoms with Crippen molar-refractivity contribution < 1.29 is 23.8 Å². The minimum absolute atomic E-state index is 0.0161. The number of hydrogen-bond acceptors (Lipinski definition) is 6. The Hall–Kier alpha value is -2.74. The maximum absolute atomic E-state index is 12.4. The fourth-order valence-corrected chi connectivity index (χ4v) is 4.63. The number of aryl methyl sites for hydroxylation is 1. The number of carbonyl (C=O) groups is 2. The lowest BCUT2D eigenvalue weighted by Gasteiger charge is -2.16. The molecular formula is C21H26N2O5S. The van der Waals surface area contributed by atoms with Crippen LogP contribution in [-0.2, 0) is 24.1 Å². The summed E-state index contributed by atoms with van der Waals surface area (Å²) in [5.41, 5.74) is 6.85. The van der Waals surface area contributed by atoms with Crippen LogP contribution in [0, 0.1) is 5.92 Å². The molecule has 29 heavy (non-hydrogen) atoms. The number of benzene rings is 1. The third kappa shape index (κ3) is 4.64. The van der Waals surface area contributed by atoms with Crippen molar-refractivity contribution in [3.05, 3.63) is 39.1 Å². The van der Waals surface area contributed by atoms with E-state index in [9.17, 15) is 9.59 Å². The van der Waals surface area contributed by atoms with Crippen molar-refractivity contribution in [1.82, 2.24) is 10.9 Å². The van der Waals surface area contributed by atoms with Crippen molar-refractivity contribution >= 4 is 23.2 Å². The van der Waals surface area contributed by atoms with Gasteiger partial charge >= 0.3 is 0 Å². The highest BCUT2D eigenvalue weighted by Crippen LogP contribution is 2.39. The monoisotopic (exact) mass is 418 g/mol. The molecule has 7 nitrogen and oxygen atoms in total. The summed E-state index contributed by atoms with van der Waals surface area (Å²) in [4.78, 5) is 26.7. The Balaban J connectivity index is 1.62. The molecule has 0 fully saturated rings.